The Morgan fingerprint density at radius 1 is 1.45 bits per heavy atom. The molecular formula is C15H16F2N2O3. The molecule has 1 atom stereocenters. The summed E-state index contributed by atoms with van der Waals surface area (Å²) in [6, 6.07) is 1.28. The molecular weight excluding hydrogens is 294 g/mol. The molecule has 0 aromatic heterocycles. The monoisotopic (exact) mass is 310 g/mol. The summed E-state index contributed by atoms with van der Waals surface area (Å²) in [6.45, 7) is 3.29. The number of carbonyl (C=O) groups excluding carboxylic acids is 2. The second-order valence-corrected chi connectivity index (χ2v) is 4.93. The van der Waals surface area contributed by atoms with Crippen LogP contribution in [0.1, 0.15) is 18.0 Å². The first-order chi connectivity index (χ1) is 10.4. The van der Waals surface area contributed by atoms with Crippen molar-refractivity contribution in [3.05, 3.63) is 42.0 Å². The summed E-state index contributed by atoms with van der Waals surface area (Å²) < 4.78 is 32.7. The summed E-state index contributed by atoms with van der Waals surface area (Å²) in [5.41, 5.74) is -0.00250. The van der Waals surface area contributed by atoms with E-state index in [9.17, 15) is 18.4 Å². The van der Waals surface area contributed by atoms with Crippen LogP contribution in [0.4, 0.5) is 8.78 Å². The largest absolute Gasteiger partial charge is 0.490 e. The topological polar surface area (TPSA) is 58.6 Å². The lowest BCUT2D eigenvalue weighted by molar-refractivity contribution is -0.131. The van der Waals surface area contributed by atoms with Crippen molar-refractivity contribution in [2.45, 2.75) is 12.5 Å². The third-order valence-electron chi connectivity index (χ3n) is 3.36. The van der Waals surface area contributed by atoms with E-state index in [1.165, 1.54) is 11.9 Å². The number of fused-ring (bicyclic) bond motifs is 1. The zero-order valence-electron chi connectivity index (χ0n) is 12.1. The predicted molar refractivity (Wildman–Crippen MR) is 75.2 cm³/mol. The van der Waals surface area contributed by atoms with Crippen molar-refractivity contribution in [2.24, 2.45) is 0 Å². The highest BCUT2D eigenvalue weighted by Gasteiger charge is 2.29. The fourth-order valence-electron chi connectivity index (χ4n) is 2.28. The van der Waals surface area contributed by atoms with Gasteiger partial charge in [0, 0.05) is 13.5 Å². The van der Waals surface area contributed by atoms with E-state index in [1.807, 2.05) is 0 Å². The minimum Gasteiger partial charge on any atom is -0.490 e. The van der Waals surface area contributed by atoms with Gasteiger partial charge in [-0.3, -0.25) is 9.59 Å². The first-order valence-electron chi connectivity index (χ1n) is 6.71. The Balaban J connectivity index is 2.13. The highest BCUT2D eigenvalue weighted by molar-refractivity contribution is 5.90. The zero-order chi connectivity index (χ0) is 16.3. The minimum atomic E-state index is -0.695. The third kappa shape index (κ3) is 3.24. The van der Waals surface area contributed by atoms with E-state index in [0.717, 1.165) is 18.2 Å². The van der Waals surface area contributed by atoms with Crippen LogP contribution in [-0.4, -0.2) is 36.9 Å². The van der Waals surface area contributed by atoms with Crippen molar-refractivity contribution in [2.75, 3.05) is 20.2 Å². The van der Waals surface area contributed by atoms with Gasteiger partial charge >= 0.3 is 0 Å². The van der Waals surface area contributed by atoms with Gasteiger partial charge in [-0.15, -0.1) is 0 Å². The van der Waals surface area contributed by atoms with Gasteiger partial charge in [0.25, 0.3) is 0 Å². The molecule has 7 heteroatoms. The first kappa shape index (κ1) is 15.9. The van der Waals surface area contributed by atoms with Gasteiger partial charge in [-0.25, -0.2) is 8.78 Å². The summed E-state index contributed by atoms with van der Waals surface area (Å²) in [5.74, 6) is -2.36. The van der Waals surface area contributed by atoms with E-state index in [4.69, 9.17) is 4.74 Å². The molecule has 22 heavy (non-hydrogen) atoms. The lowest BCUT2D eigenvalue weighted by Crippen LogP contribution is -2.40. The molecule has 0 spiro atoms. The molecule has 0 aliphatic carbocycles. The molecule has 1 aliphatic rings. The summed E-state index contributed by atoms with van der Waals surface area (Å²) in [5, 5.41) is 2.60. The molecule has 0 unspecified atom stereocenters. The molecule has 1 aromatic carbocycles. The van der Waals surface area contributed by atoms with Crippen molar-refractivity contribution in [3.63, 3.8) is 0 Å². The van der Waals surface area contributed by atoms with Crippen LogP contribution in [0.25, 0.3) is 0 Å². The number of carbonyl (C=O) groups is 2. The summed E-state index contributed by atoms with van der Waals surface area (Å²) in [6.07, 6.45) is 1.41. The highest BCUT2D eigenvalue weighted by Crippen LogP contribution is 2.36. The maximum absolute atomic E-state index is 13.9. The van der Waals surface area contributed by atoms with E-state index >= 15 is 0 Å². The Morgan fingerprint density at radius 2 is 2.14 bits per heavy atom. The van der Waals surface area contributed by atoms with Crippen molar-refractivity contribution in [1.82, 2.24) is 10.2 Å². The van der Waals surface area contributed by atoms with Gasteiger partial charge in [0.2, 0.25) is 11.8 Å². The summed E-state index contributed by atoms with van der Waals surface area (Å²) in [7, 11) is 1.45. The Hall–Kier alpha value is -2.44. The molecule has 0 bridgehead atoms. The zero-order valence-corrected chi connectivity index (χ0v) is 12.1. The van der Waals surface area contributed by atoms with Gasteiger partial charge < -0.3 is 15.0 Å². The van der Waals surface area contributed by atoms with Gasteiger partial charge in [0.15, 0.2) is 11.6 Å². The van der Waals surface area contributed by atoms with Gasteiger partial charge in [0.05, 0.1) is 24.8 Å². The van der Waals surface area contributed by atoms with Crippen molar-refractivity contribution in [1.29, 1.82) is 0 Å². The molecule has 0 radical (unpaired) electrons. The van der Waals surface area contributed by atoms with E-state index in [0.29, 0.717) is 6.42 Å². The maximum atomic E-state index is 13.9. The maximum Gasteiger partial charge on any atom is 0.246 e. The van der Waals surface area contributed by atoms with Crippen LogP contribution in [-0.2, 0) is 9.59 Å². The third-order valence-corrected chi connectivity index (χ3v) is 3.36. The molecule has 0 fully saturated rings. The smallest absolute Gasteiger partial charge is 0.246 e. The molecule has 2 rings (SSSR count). The van der Waals surface area contributed by atoms with Crippen LogP contribution >= 0.6 is 0 Å². The fourth-order valence-corrected chi connectivity index (χ4v) is 2.28. The van der Waals surface area contributed by atoms with Crippen LogP contribution in [0.3, 0.4) is 0 Å². The first-order valence-corrected chi connectivity index (χ1v) is 6.71. The van der Waals surface area contributed by atoms with Gasteiger partial charge in [-0.05, 0) is 18.2 Å². The number of likely N-dealkylation sites (N-methyl/N-ethyl adjacent to an activating group) is 1. The van der Waals surface area contributed by atoms with Crippen LogP contribution in [0.2, 0.25) is 0 Å². The van der Waals surface area contributed by atoms with Gasteiger partial charge in [-0.2, -0.15) is 0 Å². The Kier molecular flexibility index (Phi) is 4.75. The predicted octanol–water partition coefficient (Wildman–Crippen LogP) is 1.55. The number of hydrogen-bond donors (Lipinski definition) is 1. The van der Waals surface area contributed by atoms with E-state index < -0.39 is 29.5 Å². The molecule has 1 aliphatic heterocycles. The lowest BCUT2D eigenvalue weighted by Gasteiger charge is -2.28. The number of rotatable bonds is 4. The van der Waals surface area contributed by atoms with Crippen molar-refractivity contribution in [3.8, 4) is 5.75 Å². The standard InChI is InChI=1S/C15H16F2N2O3/c1-3-13(21)19(2)8-12(20)18-11-6-7-22-15-10(17)5-4-9(16)14(11)15/h3-5,11H,1,6-8H2,2H3,(H,18,20)/t11-/m0/s1. The quantitative estimate of drug-likeness (QED) is 0.859. The second-order valence-electron chi connectivity index (χ2n) is 4.93. The molecule has 5 nitrogen and oxygen atoms in total. The Labute approximate surface area is 126 Å². The lowest BCUT2D eigenvalue weighted by atomic mass is 9.99. The summed E-state index contributed by atoms with van der Waals surface area (Å²) >= 11 is 0. The highest BCUT2D eigenvalue weighted by atomic mass is 19.1. The fraction of sp³-hybridized carbons (Fsp3) is 0.333. The number of nitrogens with zero attached hydrogens (tertiary/aromatic N) is 1. The number of halogens is 2. The van der Waals surface area contributed by atoms with Gasteiger partial charge in [0.1, 0.15) is 5.82 Å². The normalized spacial score (nSPS) is 16.2. The molecule has 2 amide bonds. The molecule has 0 saturated carbocycles. The number of hydrogen-bond acceptors (Lipinski definition) is 3. The molecule has 118 valence electrons. The van der Waals surface area contributed by atoms with E-state index in [-0.39, 0.29) is 24.5 Å². The van der Waals surface area contributed by atoms with Crippen molar-refractivity contribution >= 4 is 11.8 Å². The molecule has 1 heterocycles. The van der Waals surface area contributed by atoms with Crippen LogP contribution in [0.15, 0.2) is 24.8 Å². The molecule has 1 N–H and O–H groups in total. The average molecular weight is 310 g/mol. The van der Waals surface area contributed by atoms with Crippen LogP contribution in [0, 0.1) is 11.6 Å². The Morgan fingerprint density at radius 3 is 2.82 bits per heavy atom. The van der Waals surface area contributed by atoms with Crippen LogP contribution < -0.4 is 10.1 Å². The Bertz CT molecular complexity index is 619. The second kappa shape index (κ2) is 6.55. The van der Waals surface area contributed by atoms with Crippen LogP contribution in [0.5, 0.6) is 5.75 Å². The SMILES string of the molecule is C=CC(=O)N(C)CC(=O)N[C@H]1CCOc2c(F)ccc(F)c21. The molecule has 0 saturated heterocycles. The molecule has 1 aromatic rings. The minimum absolute atomic E-state index is 0.00250. The van der Waals surface area contributed by atoms with E-state index in [1.54, 1.807) is 0 Å². The van der Waals surface area contributed by atoms with E-state index in [2.05, 4.69) is 11.9 Å². The van der Waals surface area contributed by atoms with Gasteiger partial charge in [-0.1, -0.05) is 6.58 Å². The number of amides is 2. The average Bonchev–Trinajstić information content (AvgIpc) is 2.50. The number of ether oxygens (including phenoxy) is 1. The van der Waals surface area contributed by atoms with Crippen molar-refractivity contribution < 1.29 is 23.1 Å². The summed E-state index contributed by atoms with van der Waals surface area (Å²) in [4.78, 5) is 24.5. The number of nitrogens with one attached hydrogen (secondary N) is 1. The number of benzene rings is 1.